The number of fused-ring (bicyclic) bond motifs is 2. The highest BCUT2D eigenvalue weighted by Crippen LogP contribution is 2.35. The minimum absolute atomic E-state index is 0.00150. The predicted octanol–water partition coefficient (Wildman–Crippen LogP) is 3.83. The van der Waals surface area contributed by atoms with Crippen molar-refractivity contribution in [2.75, 3.05) is 26.3 Å². The quantitative estimate of drug-likeness (QED) is 0.471. The van der Waals surface area contributed by atoms with Crippen LogP contribution >= 0.6 is 0 Å². The van der Waals surface area contributed by atoms with Gasteiger partial charge >= 0.3 is 0 Å². The van der Waals surface area contributed by atoms with Crippen molar-refractivity contribution in [3.8, 4) is 22.6 Å². The molecule has 4 heterocycles. The average molecular weight is 461 g/mol. The molecular weight excluding hydrogens is 432 g/mol. The minimum atomic E-state index is 0.00150. The lowest BCUT2D eigenvalue weighted by Crippen LogP contribution is -2.23. The third-order valence-corrected chi connectivity index (χ3v) is 6.30. The summed E-state index contributed by atoms with van der Waals surface area (Å²) in [7, 11) is 0. The zero-order chi connectivity index (χ0) is 23.3. The zero-order valence-electron chi connectivity index (χ0n) is 18.9. The lowest BCUT2D eigenvalue weighted by Gasteiger charge is -2.26. The van der Waals surface area contributed by atoms with Crippen LogP contribution in [-0.4, -0.2) is 36.6 Å². The first-order valence-electron chi connectivity index (χ1n) is 11.5. The van der Waals surface area contributed by atoms with Crippen LogP contribution in [0.3, 0.4) is 0 Å². The van der Waals surface area contributed by atoms with Crippen molar-refractivity contribution >= 4 is 0 Å². The number of hydrogen-bond acceptors (Lipinski definition) is 8. The number of benzene rings is 2. The first-order valence-corrected chi connectivity index (χ1v) is 11.5. The minimum Gasteiger partial charge on any atom is -0.372 e. The molecule has 2 aliphatic heterocycles. The molecular formula is C26H28N4O4. The van der Waals surface area contributed by atoms with E-state index in [0.29, 0.717) is 26.3 Å². The summed E-state index contributed by atoms with van der Waals surface area (Å²) in [4.78, 5) is 0. The lowest BCUT2D eigenvalue weighted by molar-refractivity contribution is 0.0485. The second-order valence-corrected chi connectivity index (χ2v) is 8.19. The smallest absolute Gasteiger partial charge is 0.167 e. The van der Waals surface area contributed by atoms with Gasteiger partial charge in [0.15, 0.2) is 11.5 Å². The van der Waals surface area contributed by atoms with E-state index < -0.39 is 0 Å². The van der Waals surface area contributed by atoms with Gasteiger partial charge in [0.1, 0.15) is 0 Å². The monoisotopic (exact) mass is 460 g/mol. The van der Waals surface area contributed by atoms with Crippen LogP contribution in [0.2, 0.25) is 0 Å². The van der Waals surface area contributed by atoms with Crippen molar-refractivity contribution in [1.29, 1.82) is 0 Å². The van der Waals surface area contributed by atoms with Crippen LogP contribution in [0.15, 0.2) is 70.0 Å². The molecule has 34 heavy (non-hydrogen) atoms. The Morgan fingerprint density at radius 1 is 0.676 bits per heavy atom. The number of ether oxygens (including phenoxy) is 2. The van der Waals surface area contributed by atoms with E-state index in [9.17, 15) is 0 Å². The summed E-state index contributed by atoms with van der Waals surface area (Å²) in [5.74, 6) is 1.61. The summed E-state index contributed by atoms with van der Waals surface area (Å²) < 4.78 is 21.8. The molecule has 8 nitrogen and oxygen atoms in total. The summed E-state index contributed by atoms with van der Waals surface area (Å²) in [5, 5.41) is 7.51. The fourth-order valence-corrected chi connectivity index (χ4v) is 4.72. The molecule has 0 fully saturated rings. The average Bonchev–Trinajstić information content (AvgIpc) is 3.62. The van der Waals surface area contributed by atoms with E-state index in [0.717, 1.165) is 35.5 Å². The topological polar surface area (TPSA) is 123 Å². The van der Waals surface area contributed by atoms with Gasteiger partial charge in [-0.2, -0.15) is 0 Å². The molecule has 0 bridgehead atoms. The normalized spacial score (nSPS) is 19.0. The molecule has 0 saturated heterocycles. The molecule has 2 atom stereocenters. The number of nitrogens with two attached hydrogens (primary N) is 2. The van der Waals surface area contributed by atoms with Crippen molar-refractivity contribution in [2.24, 2.45) is 11.5 Å². The number of rotatable bonds is 4. The summed E-state index contributed by atoms with van der Waals surface area (Å²) >= 11 is 0. The van der Waals surface area contributed by atoms with Crippen molar-refractivity contribution in [1.82, 2.24) is 10.3 Å². The SMILES string of the molecule is NC[C@@H]1OCCc2c(-c3ccno3)cccc21.NC[C@H]1OCCc2c(-c3ccno3)cccc21. The van der Waals surface area contributed by atoms with Gasteiger partial charge in [-0.15, -0.1) is 0 Å². The summed E-state index contributed by atoms with van der Waals surface area (Å²) in [6.07, 6.45) is 5.11. The molecule has 0 unspecified atom stereocenters. The largest absolute Gasteiger partial charge is 0.372 e. The first-order chi connectivity index (χ1) is 16.8. The standard InChI is InChI=1S/2C13H14N2O2/c2*14-8-13-11-3-1-2-10(9(11)5-7-16-13)12-4-6-15-17-12/h2*1-4,6,13H,5,7-8,14H2/t2*13-/m10/s1. The van der Waals surface area contributed by atoms with Gasteiger partial charge in [-0.1, -0.05) is 46.7 Å². The van der Waals surface area contributed by atoms with Crippen molar-refractivity contribution in [3.63, 3.8) is 0 Å². The molecule has 4 aromatic rings. The van der Waals surface area contributed by atoms with Gasteiger partial charge in [0.05, 0.1) is 37.8 Å². The molecule has 0 amide bonds. The highest BCUT2D eigenvalue weighted by atomic mass is 16.5. The summed E-state index contributed by atoms with van der Waals surface area (Å²) in [6.45, 7) is 2.43. The highest BCUT2D eigenvalue weighted by Gasteiger charge is 2.24. The third kappa shape index (κ3) is 4.41. The van der Waals surface area contributed by atoms with Gasteiger partial charge in [-0.25, -0.2) is 0 Å². The van der Waals surface area contributed by atoms with E-state index in [1.807, 2.05) is 24.3 Å². The molecule has 0 aliphatic carbocycles. The second-order valence-electron chi connectivity index (χ2n) is 8.19. The van der Waals surface area contributed by atoms with Crippen LogP contribution in [-0.2, 0) is 22.3 Å². The summed E-state index contributed by atoms with van der Waals surface area (Å²) in [5.41, 5.74) is 18.5. The number of hydrogen-bond donors (Lipinski definition) is 2. The van der Waals surface area contributed by atoms with E-state index in [1.165, 1.54) is 22.3 Å². The molecule has 6 rings (SSSR count). The molecule has 0 spiro atoms. The number of aromatic nitrogens is 2. The Labute approximate surface area is 197 Å². The molecule has 176 valence electrons. The van der Waals surface area contributed by atoms with Crippen LogP contribution < -0.4 is 11.5 Å². The van der Waals surface area contributed by atoms with Gasteiger partial charge in [-0.3, -0.25) is 0 Å². The highest BCUT2D eigenvalue weighted by molar-refractivity contribution is 5.65. The van der Waals surface area contributed by atoms with Crippen LogP contribution in [0, 0.1) is 0 Å². The van der Waals surface area contributed by atoms with Crippen LogP contribution in [0.4, 0.5) is 0 Å². The van der Waals surface area contributed by atoms with E-state index in [2.05, 4.69) is 34.6 Å². The maximum Gasteiger partial charge on any atom is 0.167 e. The van der Waals surface area contributed by atoms with Crippen LogP contribution in [0.1, 0.15) is 34.5 Å². The molecule has 2 aromatic carbocycles. The van der Waals surface area contributed by atoms with E-state index in [4.69, 9.17) is 30.0 Å². The Hall–Kier alpha value is -3.30. The van der Waals surface area contributed by atoms with Crippen molar-refractivity contribution in [2.45, 2.75) is 25.0 Å². The van der Waals surface area contributed by atoms with Crippen LogP contribution in [0.25, 0.3) is 22.6 Å². The summed E-state index contributed by atoms with van der Waals surface area (Å²) in [6, 6.07) is 16.0. The fourth-order valence-electron chi connectivity index (χ4n) is 4.72. The number of nitrogens with zero attached hydrogens (tertiary/aromatic N) is 2. The fraction of sp³-hybridized carbons (Fsp3) is 0.308. The molecule has 2 aliphatic rings. The second kappa shape index (κ2) is 10.3. The predicted molar refractivity (Wildman–Crippen MR) is 127 cm³/mol. The Balaban J connectivity index is 0.000000142. The van der Waals surface area contributed by atoms with Gasteiger partial charge < -0.3 is 30.0 Å². The Bertz CT molecular complexity index is 1110. The van der Waals surface area contributed by atoms with Gasteiger partial charge in [-0.05, 0) is 35.1 Å². The Morgan fingerprint density at radius 2 is 1.15 bits per heavy atom. The third-order valence-electron chi connectivity index (χ3n) is 6.30. The maximum atomic E-state index is 5.73. The van der Waals surface area contributed by atoms with E-state index in [1.54, 1.807) is 12.4 Å². The first kappa shape index (κ1) is 22.5. The lowest BCUT2D eigenvalue weighted by atomic mass is 9.92. The van der Waals surface area contributed by atoms with E-state index in [-0.39, 0.29) is 12.2 Å². The molecule has 2 aromatic heterocycles. The molecule has 0 radical (unpaired) electrons. The zero-order valence-corrected chi connectivity index (χ0v) is 18.9. The van der Waals surface area contributed by atoms with Crippen molar-refractivity contribution in [3.05, 3.63) is 83.2 Å². The Kier molecular flexibility index (Phi) is 6.82. The maximum absolute atomic E-state index is 5.73. The van der Waals surface area contributed by atoms with E-state index >= 15 is 0 Å². The molecule has 4 N–H and O–H groups in total. The molecule has 8 heteroatoms. The Morgan fingerprint density at radius 3 is 1.53 bits per heavy atom. The van der Waals surface area contributed by atoms with Gasteiger partial charge in [0, 0.05) is 36.3 Å². The van der Waals surface area contributed by atoms with Gasteiger partial charge in [0.25, 0.3) is 0 Å². The molecule has 0 saturated carbocycles. The van der Waals surface area contributed by atoms with Crippen LogP contribution in [0.5, 0.6) is 0 Å². The van der Waals surface area contributed by atoms with Gasteiger partial charge in [0.2, 0.25) is 0 Å². The van der Waals surface area contributed by atoms with Crippen molar-refractivity contribution < 1.29 is 18.5 Å².